The van der Waals surface area contributed by atoms with Crippen LogP contribution in [0.15, 0.2) is 0 Å². The van der Waals surface area contributed by atoms with Crippen molar-refractivity contribution in [3.8, 4) is 0 Å². The zero-order valence-corrected chi connectivity index (χ0v) is 7.66. The van der Waals surface area contributed by atoms with Gasteiger partial charge in [0.25, 0.3) is 0 Å². The van der Waals surface area contributed by atoms with Gasteiger partial charge in [0.05, 0.1) is 12.2 Å². The van der Waals surface area contributed by atoms with Crippen molar-refractivity contribution in [3.05, 3.63) is 0 Å². The van der Waals surface area contributed by atoms with E-state index in [2.05, 4.69) is 0 Å². The number of carbonyl (C=O) groups is 1. The summed E-state index contributed by atoms with van der Waals surface area (Å²) in [4.78, 5) is 10.3. The van der Waals surface area contributed by atoms with Crippen LogP contribution in [-0.4, -0.2) is 51.8 Å². The van der Waals surface area contributed by atoms with Gasteiger partial charge in [0.2, 0.25) is 0 Å². The Bertz CT molecular complexity index is 218. The first-order valence-corrected chi connectivity index (χ1v) is 4.33. The van der Waals surface area contributed by atoms with Gasteiger partial charge in [-0.05, 0) is 6.92 Å². The summed E-state index contributed by atoms with van der Waals surface area (Å²) in [6.07, 6.45) is -6.24. The lowest BCUT2D eigenvalue weighted by molar-refractivity contribution is -0.312. The average Bonchev–Trinajstić information content (AvgIpc) is 2.10. The first kappa shape index (κ1) is 11.4. The largest absolute Gasteiger partial charge is 0.550 e. The summed E-state index contributed by atoms with van der Waals surface area (Å²) in [5, 5.41) is 38.2. The lowest BCUT2D eigenvalue weighted by Crippen LogP contribution is -2.57. The molecule has 6 nitrogen and oxygen atoms in total. The van der Waals surface area contributed by atoms with Crippen LogP contribution >= 0.6 is 0 Å². The molecule has 1 saturated heterocycles. The number of aliphatic carboxylic acids is 1. The number of aliphatic hydroxyl groups excluding tert-OH is 3. The van der Waals surface area contributed by atoms with E-state index in [1.807, 2.05) is 0 Å². The van der Waals surface area contributed by atoms with Crippen LogP contribution in [0.25, 0.3) is 0 Å². The number of hydrogen-bond acceptors (Lipinski definition) is 6. The van der Waals surface area contributed by atoms with Gasteiger partial charge in [-0.3, -0.25) is 0 Å². The van der Waals surface area contributed by atoms with E-state index in [0.717, 1.165) is 0 Å². The Balaban J connectivity index is 2.65. The van der Waals surface area contributed by atoms with Crippen molar-refractivity contribution in [2.45, 2.75) is 43.9 Å². The maximum atomic E-state index is 10.3. The molecule has 1 rings (SSSR count). The third kappa shape index (κ3) is 2.21. The SMILES string of the molecule is C[C@@H]1OC(CC(=O)[O-])[C@H](O)C(O)[C@H]1O. The van der Waals surface area contributed by atoms with Crippen molar-refractivity contribution in [2.24, 2.45) is 0 Å². The molecule has 0 aromatic rings. The Morgan fingerprint density at radius 1 is 1.29 bits per heavy atom. The van der Waals surface area contributed by atoms with Crippen molar-refractivity contribution < 1.29 is 30.0 Å². The molecule has 6 heteroatoms. The molecule has 1 aliphatic rings. The van der Waals surface area contributed by atoms with E-state index < -0.39 is 42.9 Å². The number of ether oxygens (including phenoxy) is 1. The highest BCUT2D eigenvalue weighted by Crippen LogP contribution is 2.22. The highest BCUT2D eigenvalue weighted by molar-refractivity contribution is 5.65. The second-order valence-corrected chi connectivity index (χ2v) is 3.43. The van der Waals surface area contributed by atoms with Crippen molar-refractivity contribution in [1.29, 1.82) is 0 Å². The topological polar surface area (TPSA) is 110 Å². The molecule has 3 N–H and O–H groups in total. The Morgan fingerprint density at radius 3 is 2.36 bits per heavy atom. The van der Waals surface area contributed by atoms with E-state index in [0.29, 0.717) is 0 Å². The van der Waals surface area contributed by atoms with E-state index in [9.17, 15) is 25.2 Å². The van der Waals surface area contributed by atoms with Crippen LogP contribution in [0.2, 0.25) is 0 Å². The minimum Gasteiger partial charge on any atom is -0.550 e. The minimum atomic E-state index is -1.40. The monoisotopic (exact) mass is 205 g/mol. The molecular formula is C8H13O6-. The van der Waals surface area contributed by atoms with E-state index >= 15 is 0 Å². The van der Waals surface area contributed by atoms with Crippen LogP contribution in [-0.2, 0) is 9.53 Å². The van der Waals surface area contributed by atoms with Gasteiger partial charge in [0, 0.05) is 12.4 Å². The fourth-order valence-corrected chi connectivity index (χ4v) is 1.47. The summed E-state index contributed by atoms with van der Waals surface area (Å²) in [6.45, 7) is 1.49. The maximum Gasteiger partial charge on any atom is 0.111 e. The molecule has 1 heterocycles. The maximum absolute atomic E-state index is 10.3. The molecule has 0 saturated carbocycles. The van der Waals surface area contributed by atoms with Gasteiger partial charge in [0.1, 0.15) is 18.3 Å². The fourth-order valence-electron chi connectivity index (χ4n) is 1.47. The summed E-state index contributed by atoms with van der Waals surface area (Å²) >= 11 is 0. The van der Waals surface area contributed by atoms with Crippen molar-refractivity contribution in [2.75, 3.05) is 0 Å². The van der Waals surface area contributed by atoms with Crippen LogP contribution in [0.5, 0.6) is 0 Å². The summed E-state index contributed by atoms with van der Waals surface area (Å²) < 4.78 is 5.01. The molecule has 5 atom stereocenters. The molecule has 1 fully saturated rings. The molecule has 0 aromatic carbocycles. The van der Waals surface area contributed by atoms with Crippen LogP contribution in [0.3, 0.4) is 0 Å². The Morgan fingerprint density at radius 2 is 1.86 bits per heavy atom. The van der Waals surface area contributed by atoms with Crippen LogP contribution in [0, 0.1) is 0 Å². The predicted octanol–water partition coefficient (Wildman–Crippen LogP) is -3.00. The van der Waals surface area contributed by atoms with Crippen molar-refractivity contribution in [1.82, 2.24) is 0 Å². The van der Waals surface area contributed by atoms with Gasteiger partial charge in [-0.25, -0.2) is 0 Å². The Kier molecular flexibility index (Phi) is 3.43. The summed E-state index contributed by atoms with van der Waals surface area (Å²) in [5.41, 5.74) is 0. The number of carbonyl (C=O) groups excluding carboxylic acids is 1. The Labute approximate surface area is 80.7 Å². The van der Waals surface area contributed by atoms with Gasteiger partial charge in [-0.1, -0.05) is 0 Å². The first-order chi connectivity index (χ1) is 6.43. The number of rotatable bonds is 2. The average molecular weight is 205 g/mol. The van der Waals surface area contributed by atoms with Crippen molar-refractivity contribution in [3.63, 3.8) is 0 Å². The molecule has 0 bridgehead atoms. The highest BCUT2D eigenvalue weighted by Gasteiger charge is 2.41. The van der Waals surface area contributed by atoms with Crippen LogP contribution in [0.4, 0.5) is 0 Å². The Hall–Kier alpha value is -0.690. The lowest BCUT2D eigenvalue weighted by Gasteiger charge is -2.39. The zero-order chi connectivity index (χ0) is 10.9. The smallest absolute Gasteiger partial charge is 0.111 e. The van der Waals surface area contributed by atoms with E-state index in [1.165, 1.54) is 6.92 Å². The van der Waals surface area contributed by atoms with Gasteiger partial charge < -0.3 is 30.0 Å². The fraction of sp³-hybridized carbons (Fsp3) is 0.875. The van der Waals surface area contributed by atoms with E-state index in [1.54, 1.807) is 0 Å². The lowest BCUT2D eigenvalue weighted by atomic mass is 9.94. The highest BCUT2D eigenvalue weighted by atomic mass is 16.5. The molecule has 0 spiro atoms. The van der Waals surface area contributed by atoms with Crippen LogP contribution < -0.4 is 5.11 Å². The second-order valence-electron chi connectivity index (χ2n) is 3.43. The third-order valence-corrected chi connectivity index (χ3v) is 2.32. The predicted molar refractivity (Wildman–Crippen MR) is 42.0 cm³/mol. The van der Waals surface area contributed by atoms with Gasteiger partial charge in [-0.15, -0.1) is 0 Å². The second kappa shape index (κ2) is 4.22. The number of aliphatic hydroxyl groups is 3. The molecule has 82 valence electrons. The normalized spacial score (nSPS) is 43.6. The van der Waals surface area contributed by atoms with Crippen molar-refractivity contribution >= 4 is 5.97 Å². The minimum absolute atomic E-state index is 0.505. The van der Waals surface area contributed by atoms with Gasteiger partial charge in [-0.2, -0.15) is 0 Å². The summed E-state index contributed by atoms with van der Waals surface area (Å²) in [6, 6.07) is 0. The van der Waals surface area contributed by atoms with Gasteiger partial charge >= 0.3 is 0 Å². The molecule has 1 aliphatic heterocycles. The molecular weight excluding hydrogens is 192 g/mol. The molecule has 0 amide bonds. The molecule has 0 aliphatic carbocycles. The van der Waals surface area contributed by atoms with Gasteiger partial charge in [0.15, 0.2) is 0 Å². The molecule has 0 aromatic heterocycles. The number of carboxylic acid groups (broad SMARTS) is 1. The van der Waals surface area contributed by atoms with E-state index in [-0.39, 0.29) is 0 Å². The zero-order valence-electron chi connectivity index (χ0n) is 7.66. The third-order valence-electron chi connectivity index (χ3n) is 2.32. The molecule has 14 heavy (non-hydrogen) atoms. The summed E-state index contributed by atoms with van der Waals surface area (Å²) in [7, 11) is 0. The first-order valence-electron chi connectivity index (χ1n) is 4.33. The summed E-state index contributed by atoms with van der Waals surface area (Å²) in [5.74, 6) is -1.37. The standard InChI is InChI=1S/C8H14O6/c1-3-6(11)8(13)7(12)4(14-3)2-5(9)10/h3-4,6-8,11-13H,2H2,1H3,(H,9,10)/p-1/t3-,4?,6-,7-,8?/m0/s1. The van der Waals surface area contributed by atoms with E-state index in [4.69, 9.17) is 4.74 Å². The number of carboxylic acids is 1. The molecule has 2 unspecified atom stereocenters. The van der Waals surface area contributed by atoms with Crippen LogP contribution in [0.1, 0.15) is 13.3 Å². The quantitative estimate of drug-likeness (QED) is 0.443. The number of hydrogen-bond donors (Lipinski definition) is 3. The molecule has 0 radical (unpaired) electrons.